The molecule has 0 amide bonds. The van der Waals surface area contributed by atoms with Crippen molar-refractivity contribution in [3.05, 3.63) is 11.9 Å². The van der Waals surface area contributed by atoms with Crippen molar-refractivity contribution in [2.75, 3.05) is 45.9 Å². The Kier molecular flexibility index (Phi) is 6.46. The van der Waals surface area contributed by atoms with Gasteiger partial charge in [0.25, 0.3) is 0 Å². The quantitative estimate of drug-likeness (QED) is 0.735. The van der Waals surface area contributed by atoms with Gasteiger partial charge in [-0.2, -0.15) is 18.2 Å². The van der Waals surface area contributed by atoms with E-state index in [-0.39, 0.29) is 24.9 Å². The zero-order chi connectivity index (χ0) is 15.0. The van der Waals surface area contributed by atoms with Crippen LogP contribution < -0.4 is 10.1 Å². The third-order valence-corrected chi connectivity index (χ3v) is 2.12. The van der Waals surface area contributed by atoms with E-state index < -0.39 is 12.0 Å². The summed E-state index contributed by atoms with van der Waals surface area (Å²) in [6.07, 6.45) is -4.63. The molecule has 1 aromatic rings. The molecule has 0 aliphatic carbocycles. The molecule has 0 radical (unpaired) electrons. The van der Waals surface area contributed by atoms with E-state index in [0.717, 1.165) is 0 Å². The Morgan fingerprint density at radius 2 is 1.85 bits per heavy atom. The normalized spacial score (nSPS) is 11.4. The van der Waals surface area contributed by atoms with Gasteiger partial charge in [0, 0.05) is 20.2 Å². The summed E-state index contributed by atoms with van der Waals surface area (Å²) < 4.78 is 52.7. The van der Waals surface area contributed by atoms with E-state index in [9.17, 15) is 13.2 Å². The summed E-state index contributed by atoms with van der Waals surface area (Å²) >= 11 is 0. The average molecular weight is 295 g/mol. The zero-order valence-corrected chi connectivity index (χ0v) is 11.2. The van der Waals surface area contributed by atoms with Crippen LogP contribution in [0.5, 0.6) is 5.88 Å². The number of hydrogen-bond acceptors (Lipinski definition) is 6. The minimum absolute atomic E-state index is 0.0302. The molecule has 1 heterocycles. The zero-order valence-electron chi connectivity index (χ0n) is 11.2. The molecule has 114 valence electrons. The fraction of sp³-hybridized carbons (Fsp3) is 0.636. The second-order valence-corrected chi connectivity index (χ2v) is 3.62. The number of rotatable bonds is 8. The molecule has 0 aliphatic heterocycles. The fourth-order valence-corrected chi connectivity index (χ4v) is 1.20. The Balaban J connectivity index is 2.56. The number of anilines is 1. The van der Waals surface area contributed by atoms with Crippen LogP contribution in [-0.2, 0) is 15.7 Å². The minimum Gasteiger partial charge on any atom is -0.475 e. The molecule has 0 saturated carbocycles. The van der Waals surface area contributed by atoms with Crippen LogP contribution in [0.25, 0.3) is 0 Å². The molecule has 1 rings (SSSR count). The highest BCUT2D eigenvalue weighted by Gasteiger charge is 2.35. The van der Waals surface area contributed by atoms with Crippen LogP contribution in [0.2, 0.25) is 0 Å². The maximum absolute atomic E-state index is 12.6. The second-order valence-electron chi connectivity index (χ2n) is 3.62. The van der Waals surface area contributed by atoms with Gasteiger partial charge in [-0.3, -0.25) is 0 Å². The van der Waals surface area contributed by atoms with Gasteiger partial charge in [-0.05, 0) is 0 Å². The molecule has 1 N–H and O–H groups in total. The number of methoxy groups -OCH3 is 1. The summed E-state index contributed by atoms with van der Waals surface area (Å²) in [6.45, 7) is 1.14. The van der Waals surface area contributed by atoms with Crippen molar-refractivity contribution in [1.82, 2.24) is 9.97 Å². The van der Waals surface area contributed by atoms with Crippen LogP contribution in [0.3, 0.4) is 0 Å². The third-order valence-electron chi connectivity index (χ3n) is 2.12. The Labute approximate surface area is 114 Å². The van der Waals surface area contributed by atoms with Gasteiger partial charge in [0.15, 0.2) is 0 Å². The fourth-order valence-electron chi connectivity index (χ4n) is 1.20. The van der Waals surface area contributed by atoms with Gasteiger partial charge < -0.3 is 19.5 Å². The predicted molar refractivity (Wildman–Crippen MR) is 64.8 cm³/mol. The van der Waals surface area contributed by atoms with Crippen LogP contribution in [-0.4, -0.2) is 50.6 Å². The van der Waals surface area contributed by atoms with Gasteiger partial charge in [-0.25, -0.2) is 4.98 Å². The highest BCUT2D eigenvalue weighted by Crippen LogP contribution is 2.28. The van der Waals surface area contributed by atoms with Crippen LogP contribution in [0.1, 0.15) is 5.82 Å². The summed E-state index contributed by atoms with van der Waals surface area (Å²) in [5.74, 6) is -1.38. The van der Waals surface area contributed by atoms with Gasteiger partial charge in [0.05, 0.1) is 19.8 Å². The molecular weight excluding hydrogens is 279 g/mol. The second kappa shape index (κ2) is 7.85. The summed E-state index contributed by atoms with van der Waals surface area (Å²) in [4.78, 5) is 6.62. The maximum atomic E-state index is 12.6. The van der Waals surface area contributed by atoms with Crippen molar-refractivity contribution < 1.29 is 27.4 Å². The number of hydrogen-bond donors (Lipinski definition) is 1. The standard InChI is InChI=1S/C11H16F3N3O3/c1-15-8-7-9(17-10(16-8)11(12,13)14)20-6-5-19-4-3-18-2/h7H,3-6H2,1-2H3,(H,15,16,17). The predicted octanol–water partition coefficient (Wildman–Crippen LogP) is 1.58. The van der Waals surface area contributed by atoms with Crippen molar-refractivity contribution in [3.8, 4) is 5.88 Å². The van der Waals surface area contributed by atoms with Crippen molar-refractivity contribution in [3.63, 3.8) is 0 Å². The van der Waals surface area contributed by atoms with Gasteiger partial charge in [0.2, 0.25) is 11.7 Å². The number of nitrogens with zero attached hydrogens (tertiary/aromatic N) is 2. The van der Waals surface area contributed by atoms with Crippen molar-refractivity contribution in [2.45, 2.75) is 6.18 Å². The molecule has 6 nitrogen and oxygen atoms in total. The largest absolute Gasteiger partial charge is 0.475 e. The Morgan fingerprint density at radius 1 is 1.15 bits per heavy atom. The maximum Gasteiger partial charge on any atom is 0.451 e. The van der Waals surface area contributed by atoms with E-state index in [0.29, 0.717) is 13.2 Å². The first-order valence-corrected chi connectivity index (χ1v) is 5.81. The topological polar surface area (TPSA) is 65.5 Å². The lowest BCUT2D eigenvalue weighted by molar-refractivity contribution is -0.145. The lowest BCUT2D eigenvalue weighted by Crippen LogP contribution is -2.15. The monoisotopic (exact) mass is 295 g/mol. The SMILES string of the molecule is CNc1cc(OCCOCCOC)nc(C(F)(F)F)n1. The van der Waals surface area contributed by atoms with E-state index in [1.807, 2.05) is 0 Å². The van der Waals surface area contributed by atoms with Crippen LogP contribution in [0, 0.1) is 0 Å². The van der Waals surface area contributed by atoms with Crippen LogP contribution >= 0.6 is 0 Å². The molecule has 20 heavy (non-hydrogen) atoms. The van der Waals surface area contributed by atoms with E-state index in [2.05, 4.69) is 15.3 Å². The Bertz CT molecular complexity index is 416. The molecule has 0 bridgehead atoms. The molecule has 0 atom stereocenters. The number of ether oxygens (including phenoxy) is 3. The lowest BCUT2D eigenvalue weighted by Gasteiger charge is -2.11. The van der Waals surface area contributed by atoms with Crippen LogP contribution in [0.4, 0.5) is 19.0 Å². The van der Waals surface area contributed by atoms with E-state index in [1.54, 1.807) is 7.11 Å². The van der Waals surface area contributed by atoms with Crippen molar-refractivity contribution in [1.29, 1.82) is 0 Å². The molecule has 1 aromatic heterocycles. The van der Waals surface area contributed by atoms with Crippen molar-refractivity contribution >= 4 is 5.82 Å². The summed E-state index contributed by atoms with van der Waals surface area (Å²) in [6, 6.07) is 1.28. The van der Waals surface area contributed by atoms with E-state index in [1.165, 1.54) is 13.1 Å². The lowest BCUT2D eigenvalue weighted by atomic mass is 10.5. The van der Waals surface area contributed by atoms with E-state index in [4.69, 9.17) is 14.2 Å². The van der Waals surface area contributed by atoms with Gasteiger partial charge >= 0.3 is 6.18 Å². The highest BCUT2D eigenvalue weighted by molar-refractivity contribution is 5.38. The third kappa shape index (κ3) is 5.57. The van der Waals surface area contributed by atoms with Gasteiger partial charge in [-0.1, -0.05) is 0 Å². The van der Waals surface area contributed by atoms with Crippen LogP contribution in [0.15, 0.2) is 6.07 Å². The molecule has 0 aliphatic rings. The average Bonchev–Trinajstić information content (AvgIpc) is 2.41. The molecule has 0 spiro atoms. The number of alkyl halides is 3. The highest BCUT2D eigenvalue weighted by atomic mass is 19.4. The first-order valence-electron chi connectivity index (χ1n) is 5.81. The number of halogens is 3. The first-order chi connectivity index (χ1) is 9.47. The van der Waals surface area contributed by atoms with Gasteiger partial charge in [-0.15, -0.1) is 0 Å². The molecular formula is C11H16F3N3O3. The number of nitrogens with one attached hydrogen (secondary N) is 1. The minimum atomic E-state index is -4.63. The smallest absolute Gasteiger partial charge is 0.451 e. The molecule has 9 heteroatoms. The molecule has 0 unspecified atom stereocenters. The summed E-state index contributed by atoms with van der Waals surface area (Å²) in [5.41, 5.74) is 0. The summed E-state index contributed by atoms with van der Waals surface area (Å²) in [5, 5.41) is 2.52. The first kappa shape index (κ1) is 16.4. The Hall–Kier alpha value is -1.61. The molecule has 0 fully saturated rings. The van der Waals surface area contributed by atoms with Crippen molar-refractivity contribution in [2.24, 2.45) is 0 Å². The van der Waals surface area contributed by atoms with E-state index >= 15 is 0 Å². The summed E-state index contributed by atoms with van der Waals surface area (Å²) in [7, 11) is 3.00. The van der Waals surface area contributed by atoms with Gasteiger partial charge in [0.1, 0.15) is 12.4 Å². The number of aromatic nitrogens is 2. The molecule has 0 saturated heterocycles. The molecule has 0 aromatic carbocycles. The Morgan fingerprint density at radius 3 is 2.45 bits per heavy atom.